The molecule has 0 radical (unpaired) electrons. The van der Waals surface area contributed by atoms with E-state index in [0.29, 0.717) is 11.7 Å². The van der Waals surface area contributed by atoms with E-state index >= 15 is 0 Å². The molecule has 1 rings (SSSR count). The Bertz CT molecular complexity index is 204. The summed E-state index contributed by atoms with van der Waals surface area (Å²) >= 11 is 1.84. The van der Waals surface area contributed by atoms with Crippen LogP contribution in [-0.2, 0) is 9.53 Å². The molecule has 3 N–H and O–H groups in total. The number of aliphatic carboxylic acids is 1. The number of thioether (sulfide) groups is 1. The van der Waals surface area contributed by atoms with E-state index in [1.165, 1.54) is 0 Å². The molecule has 4 nitrogen and oxygen atoms in total. The van der Waals surface area contributed by atoms with Gasteiger partial charge >= 0.3 is 5.97 Å². The lowest BCUT2D eigenvalue weighted by molar-refractivity contribution is -0.142. The smallest absolute Gasteiger partial charge is 0.323 e. The van der Waals surface area contributed by atoms with Gasteiger partial charge in [-0.25, -0.2) is 0 Å². The zero-order valence-corrected chi connectivity index (χ0v) is 9.18. The van der Waals surface area contributed by atoms with Gasteiger partial charge in [-0.1, -0.05) is 0 Å². The van der Waals surface area contributed by atoms with Crippen LogP contribution in [0.2, 0.25) is 0 Å². The van der Waals surface area contributed by atoms with Crippen molar-refractivity contribution in [2.24, 2.45) is 5.73 Å². The highest BCUT2D eigenvalue weighted by Crippen LogP contribution is 2.21. The van der Waals surface area contributed by atoms with Crippen LogP contribution in [-0.4, -0.2) is 40.8 Å². The molecule has 1 atom stereocenters. The third kappa shape index (κ3) is 3.48. The summed E-state index contributed by atoms with van der Waals surface area (Å²) in [7, 11) is 0. The zero-order chi connectivity index (χ0) is 10.6. The Morgan fingerprint density at radius 1 is 1.71 bits per heavy atom. The number of carboxylic acid groups (broad SMARTS) is 1. The van der Waals surface area contributed by atoms with E-state index in [0.717, 1.165) is 25.4 Å². The molecule has 0 amide bonds. The molecule has 0 aromatic heterocycles. The van der Waals surface area contributed by atoms with Gasteiger partial charge in [0.2, 0.25) is 0 Å². The van der Waals surface area contributed by atoms with Gasteiger partial charge in [0.15, 0.2) is 0 Å². The first-order valence-electron chi connectivity index (χ1n) is 4.74. The van der Waals surface area contributed by atoms with Crippen LogP contribution in [0.3, 0.4) is 0 Å². The predicted molar refractivity (Wildman–Crippen MR) is 56.5 cm³/mol. The molecule has 0 aromatic carbocycles. The van der Waals surface area contributed by atoms with E-state index in [2.05, 4.69) is 0 Å². The number of hydrogen-bond donors (Lipinski definition) is 2. The highest BCUT2D eigenvalue weighted by molar-refractivity contribution is 8.00. The van der Waals surface area contributed by atoms with Crippen molar-refractivity contribution < 1.29 is 14.6 Å². The standard InChI is InChI=1S/C9H17NO3S/c1-9(10,8(11)12)3-2-4-14-7-5-13-6-7/h7H,2-6,10H2,1H3,(H,11,12). The lowest BCUT2D eigenvalue weighted by Crippen LogP contribution is -2.44. The Kier molecular flexibility index (Phi) is 4.22. The third-order valence-electron chi connectivity index (χ3n) is 2.29. The van der Waals surface area contributed by atoms with Gasteiger partial charge in [-0.15, -0.1) is 0 Å². The van der Waals surface area contributed by atoms with Crippen molar-refractivity contribution >= 4 is 17.7 Å². The van der Waals surface area contributed by atoms with Crippen molar-refractivity contribution in [1.29, 1.82) is 0 Å². The molecule has 0 spiro atoms. The third-order valence-corrected chi connectivity index (χ3v) is 3.56. The highest BCUT2D eigenvalue weighted by atomic mass is 32.2. The minimum absolute atomic E-state index is 0.531. The van der Waals surface area contributed by atoms with E-state index in [-0.39, 0.29) is 0 Å². The molecule has 0 bridgehead atoms. The van der Waals surface area contributed by atoms with Crippen LogP contribution < -0.4 is 5.73 Å². The average molecular weight is 219 g/mol. The molecular formula is C9H17NO3S. The normalized spacial score (nSPS) is 21.3. The molecule has 0 aliphatic carbocycles. The van der Waals surface area contributed by atoms with Crippen LogP contribution in [0.1, 0.15) is 19.8 Å². The Hall–Kier alpha value is -0.260. The van der Waals surface area contributed by atoms with E-state index in [9.17, 15) is 4.79 Å². The molecule has 1 fully saturated rings. The molecule has 0 saturated carbocycles. The van der Waals surface area contributed by atoms with Gasteiger partial charge in [0, 0.05) is 0 Å². The summed E-state index contributed by atoms with van der Waals surface area (Å²) in [5.74, 6) is 0.0446. The number of rotatable bonds is 6. The summed E-state index contributed by atoms with van der Waals surface area (Å²) < 4.78 is 5.03. The molecule has 0 aromatic rings. The second-order valence-corrected chi connectivity index (χ2v) is 5.26. The molecular weight excluding hydrogens is 202 g/mol. The summed E-state index contributed by atoms with van der Waals surface area (Å²) in [4.78, 5) is 10.7. The summed E-state index contributed by atoms with van der Waals surface area (Å²) in [6, 6.07) is 0. The van der Waals surface area contributed by atoms with E-state index in [1.807, 2.05) is 11.8 Å². The second-order valence-electron chi connectivity index (χ2n) is 3.86. The Morgan fingerprint density at radius 3 is 2.79 bits per heavy atom. The number of carbonyl (C=O) groups is 1. The number of carboxylic acids is 1. The molecule has 82 valence electrons. The van der Waals surface area contributed by atoms with E-state index < -0.39 is 11.5 Å². The van der Waals surface area contributed by atoms with Gasteiger partial charge in [0.05, 0.1) is 18.5 Å². The van der Waals surface area contributed by atoms with Crippen LogP contribution in [0.4, 0.5) is 0 Å². The average Bonchev–Trinajstić information content (AvgIpc) is 2.00. The Labute approximate surface area is 88.2 Å². The maximum Gasteiger partial charge on any atom is 0.323 e. The second kappa shape index (κ2) is 5.00. The first kappa shape index (κ1) is 11.8. The van der Waals surface area contributed by atoms with Crippen molar-refractivity contribution in [2.75, 3.05) is 19.0 Å². The van der Waals surface area contributed by atoms with Crippen LogP contribution in [0.5, 0.6) is 0 Å². The largest absolute Gasteiger partial charge is 0.480 e. The first-order valence-corrected chi connectivity index (χ1v) is 5.79. The Balaban J connectivity index is 2.04. The van der Waals surface area contributed by atoms with Gasteiger partial charge in [-0.3, -0.25) is 4.79 Å². The highest BCUT2D eigenvalue weighted by Gasteiger charge is 2.27. The number of ether oxygens (including phenoxy) is 1. The van der Waals surface area contributed by atoms with Crippen LogP contribution >= 0.6 is 11.8 Å². The molecule has 1 heterocycles. The summed E-state index contributed by atoms with van der Waals surface area (Å²) in [6.45, 7) is 3.24. The molecule has 14 heavy (non-hydrogen) atoms. The summed E-state index contributed by atoms with van der Waals surface area (Å²) in [6.07, 6.45) is 1.38. The molecule has 1 unspecified atom stereocenters. The van der Waals surface area contributed by atoms with Gasteiger partial charge in [-0.2, -0.15) is 11.8 Å². The fourth-order valence-electron chi connectivity index (χ4n) is 1.11. The fourth-order valence-corrected chi connectivity index (χ4v) is 2.14. The predicted octanol–water partition coefficient (Wildman–Crippen LogP) is 0.701. The summed E-state index contributed by atoms with van der Waals surface area (Å²) in [5.41, 5.74) is 4.52. The van der Waals surface area contributed by atoms with Gasteiger partial charge < -0.3 is 15.6 Å². The minimum atomic E-state index is -1.07. The van der Waals surface area contributed by atoms with Gasteiger partial charge in [-0.05, 0) is 25.5 Å². The number of nitrogens with two attached hydrogens (primary N) is 1. The minimum Gasteiger partial charge on any atom is -0.480 e. The molecule has 1 aliphatic rings. The monoisotopic (exact) mass is 219 g/mol. The molecule has 5 heteroatoms. The van der Waals surface area contributed by atoms with Crippen LogP contribution in [0.15, 0.2) is 0 Å². The van der Waals surface area contributed by atoms with Crippen LogP contribution in [0, 0.1) is 0 Å². The van der Waals surface area contributed by atoms with Gasteiger partial charge in [0.25, 0.3) is 0 Å². The summed E-state index contributed by atoms with van der Waals surface area (Å²) in [5, 5.41) is 9.37. The molecule has 1 saturated heterocycles. The van der Waals surface area contributed by atoms with Crippen molar-refractivity contribution in [2.45, 2.75) is 30.6 Å². The maximum atomic E-state index is 10.7. The van der Waals surface area contributed by atoms with Gasteiger partial charge in [0.1, 0.15) is 5.54 Å². The van der Waals surface area contributed by atoms with Crippen molar-refractivity contribution in [3.8, 4) is 0 Å². The lowest BCUT2D eigenvalue weighted by Gasteiger charge is -2.25. The van der Waals surface area contributed by atoms with Crippen molar-refractivity contribution in [3.63, 3.8) is 0 Å². The topological polar surface area (TPSA) is 72.5 Å². The Morgan fingerprint density at radius 2 is 2.36 bits per heavy atom. The van der Waals surface area contributed by atoms with E-state index in [1.54, 1.807) is 6.92 Å². The SMILES string of the molecule is CC(N)(CCCSC1COC1)C(=O)O. The van der Waals surface area contributed by atoms with Crippen LogP contribution in [0.25, 0.3) is 0 Å². The number of hydrogen-bond acceptors (Lipinski definition) is 4. The van der Waals surface area contributed by atoms with E-state index in [4.69, 9.17) is 15.6 Å². The maximum absolute atomic E-state index is 10.7. The molecule has 1 aliphatic heterocycles. The van der Waals surface area contributed by atoms with Crippen molar-refractivity contribution in [1.82, 2.24) is 0 Å². The fraction of sp³-hybridized carbons (Fsp3) is 0.889. The lowest BCUT2D eigenvalue weighted by atomic mass is 9.98. The zero-order valence-electron chi connectivity index (χ0n) is 8.36. The van der Waals surface area contributed by atoms with Crippen molar-refractivity contribution in [3.05, 3.63) is 0 Å². The quantitative estimate of drug-likeness (QED) is 0.643. The first-order chi connectivity index (χ1) is 6.52.